The van der Waals surface area contributed by atoms with Crippen molar-refractivity contribution in [2.75, 3.05) is 13.2 Å². The van der Waals surface area contributed by atoms with E-state index in [0.717, 1.165) is 51.4 Å². The summed E-state index contributed by atoms with van der Waals surface area (Å²) in [4.78, 5) is 46.1. The van der Waals surface area contributed by atoms with Crippen LogP contribution in [0.2, 0.25) is 0 Å². The number of hydrogen-bond donors (Lipinski definition) is 2. The molecule has 0 aromatic rings. The van der Waals surface area contributed by atoms with E-state index in [4.69, 9.17) is 14.6 Å². The van der Waals surface area contributed by atoms with Gasteiger partial charge >= 0.3 is 23.9 Å². The van der Waals surface area contributed by atoms with Crippen molar-refractivity contribution in [3.8, 4) is 0 Å². The maximum atomic E-state index is 12.1. The van der Waals surface area contributed by atoms with Crippen LogP contribution in [0.4, 0.5) is 0 Å². The summed E-state index contributed by atoms with van der Waals surface area (Å²) in [5.41, 5.74) is -0.717. The standard InChI is InChI=1S/2C22H42O4/c1-3-5-7-9-10-12-16-20-26-22(24)18-14-13-17-21(23)25-19-15-11-8-6-4-2;1-3-5-7-9-10-12-14-18-22(21(25)26,19-15-16-20(23)24)17-13-11-8-6-4-2/h3-20H2,1-2H3;3-19H2,1-2H3,(H,23,24)(H,25,26). The molecule has 0 rings (SSSR count). The number of aliphatic carboxylic acids is 2. The van der Waals surface area contributed by atoms with Gasteiger partial charge in [-0.2, -0.15) is 0 Å². The Balaban J connectivity index is 0. The highest BCUT2D eigenvalue weighted by Crippen LogP contribution is 2.37. The summed E-state index contributed by atoms with van der Waals surface area (Å²) in [6, 6.07) is 0. The Kier molecular flexibility index (Phi) is 40.1. The smallest absolute Gasteiger partial charge is 0.309 e. The SMILES string of the molecule is CCCCCCCCCC(CCCCCCC)(CCCC(=O)O)C(=O)O.CCCCCCCCCOC(=O)CCCCC(=O)OCCCCCCC. The molecule has 0 aliphatic heterocycles. The predicted molar refractivity (Wildman–Crippen MR) is 215 cm³/mol. The maximum absolute atomic E-state index is 12.1. The number of ether oxygens (including phenoxy) is 2. The minimum Gasteiger partial charge on any atom is -0.481 e. The third-order valence-corrected chi connectivity index (χ3v) is 10.1. The molecule has 52 heavy (non-hydrogen) atoms. The van der Waals surface area contributed by atoms with Gasteiger partial charge in [-0.25, -0.2) is 0 Å². The van der Waals surface area contributed by atoms with Gasteiger partial charge in [0.2, 0.25) is 0 Å². The number of esters is 2. The highest BCUT2D eigenvalue weighted by atomic mass is 16.5. The summed E-state index contributed by atoms with van der Waals surface area (Å²) in [7, 11) is 0. The van der Waals surface area contributed by atoms with Crippen molar-refractivity contribution in [1.82, 2.24) is 0 Å². The van der Waals surface area contributed by atoms with E-state index in [2.05, 4.69) is 27.7 Å². The summed E-state index contributed by atoms with van der Waals surface area (Å²) in [5.74, 6) is -1.83. The van der Waals surface area contributed by atoms with Crippen LogP contribution in [0.5, 0.6) is 0 Å². The summed E-state index contributed by atoms with van der Waals surface area (Å²) in [5, 5.41) is 18.8. The highest BCUT2D eigenvalue weighted by Gasteiger charge is 2.36. The molecule has 0 amide bonds. The number of carbonyl (C=O) groups is 4. The third kappa shape index (κ3) is 36.2. The molecule has 0 spiro atoms. The first-order chi connectivity index (χ1) is 25.2. The fraction of sp³-hybridized carbons (Fsp3) is 0.909. The first-order valence-corrected chi connectivity index (χ1v) is 21.9. The van der Waals surface area contributed by atoms with E-state index in [1.165, 1.54) is 103 Å². The van der Waals surface area contributed by atoms with Crippen LogP contribution in [-0.4, -0.2) is 47.3 Å². The minimum atomic E-state index is -0.830. The molecule has 8 nitrogen and oxygen atoms in total. The van der Waals surface area contributed by atoms with Gasteiger partial charge in [-0.05, 0) is 51.4 Å². The lowest BCUT2D eigenvalue weighted by Gasteiger charge is -2.30. The number of carbonyl (C=O) groups excluding carboxylic acids is 2. The molecular weight excluding hydrogens is 656 g/mol. The largest absolute Gasteiger partial charge is 0.481 e. The molecule has 1 atom stereocenters. The second kappa shape index (κ2) is 40.1. The van der Waals surface area contributed by atoms with Crippen molar-refractivity contribution in [1.29, 1.82) is 0 Å². The zero-order valence-electron chi connectivity index (χ0n) is 34.6. The van der Waals surface area contributed by atoms with Gasteiger partial charge in [0.15, 0.2) is 0 Å². The number of rotatable bonds is 38. The number of carboxylic acid groups (broad SMARTS) is 2. The van der Waals surface area contributed by atoms with Gasteiger partial charge < -0.3 is 19.7 Å². The van der Waals surface area contributed by atoms with E-state index < -0.39 is 17.4 Å². The molecular formula is C44H84O8. The van der Waals surface area contributed by atoms with Gasteiger partial charge in [0.1, 0.15) is 0 Å². The van der Waals surface area contributed by atoms with Gasteiger partial charge in [-0.1, -0.05) is 169 Å². The molecule has 308 valence electrons. The molecule has 0 aromatic heterocycles. The Morgan fingerprint density at radius 1 is 0.385 bits per heavy atom. The molecule has 0 heterocycles. The zero-order chi connectivity index (χ0) is 39.0. The first kappa shape index (κ1) is 52.0. The predicted octanol–water partition coefficient (Wildman–Crippen LogP) is 13.2. The lowest BCUT2D eigenvalue weighted by atomic mass is 9.74. The average molecular weight is 741 g/mol. The molecule has 2 N–H and O–H groups in total. The van der Waals surface area contributed by atoms with Crippen LogP contribution in [0.3, 0.4) is 0 Å². The van der Waals surface area contributed by atoms with Crippen molar-refractivity contribution < 1.29 is 38.9 Å². The fourth-order valence-electron chi connectivity index (χ4n) is 6.58. The molecule has 0 fully saturated rings. The van der Waals surface area contributed by atoms with Crippen LogP contribution >= 0.6 is 0 Å². The Morgan fingerprint density at radius 2 is 0.692 bits per heavy atom. The molecule has 0 bridgehead atoms. The second-order valence-corrected chi connectivity index (χ2v) is 15.1. The molecule has 0 aromatic carbocycles. The van der Waals surface area contributed by atoms with E-state index in [9.17, 15) is 24.3 Å². The van der Waals surface area contributed by atoms with Crippen LogP contribution in [-0.2, 0) is 28.7 Å². The third-order valence-electron chi connectivity index (χ3n) is 10.1. The van der Waals surface area contributed by atoms with Crippen molar-refractivity contribution in [3.05, 3.63) is 0 Å². The minimum absolute atomic E-state index is 0.0713. The molecule has 0 radical (unpaired) electrons. The lowest BCUT2D eigenvalue weighted by molar-refractivity contribution is -0.151. The van der Waals surface area contributed by atoms with Crippen LogP contribution < -0.4 is 0 Å². The van der Waals surface area contributed by atoms with Crippen molar-refractivity contribution in [3.63, 3.8) is 0 Å². The number of unbranched alkanes of at least 4 members (excludes halogenated alkanes) is 21. The van der Waals surface area contributed by atoms with Gasteiger partial charge in [-0.15, -0.1) is 0 Å². The second-order valence-electron chi connectivity index (χ2n) is 15.1. The van der Waals surface area contributed by atoms with E-state index in [-0.39, 0.29) is 18.4 Å². The Labute approximate surface area is 320 Å². The van der Waals surface area contributed by atoms with E-state index in [1.54, 1.807) is 0 Å². The summed E-state index contributed by atoms with van der Waals surface area (Å²) < 4.78 is 10.4. The molecule has 0 aliphatic carbocycles. The molecule has 8 heteroatoms. The first-order valence-electron chi connectivity index (χ1n) is 21.9. The Bertz CT molecular complexity index is 829. The molecule has 0 aliphatic rings. The highest BCUT2D eigenvalue weighted by molar-refractivity contribution is 5.74. The van der Waals surface area contributed by atoms with E-state index in [0.29, 0.717) is 64.6 Å². The molecule has 1 unspecified atom stereocenters. The van der Waals surface area contributed by atoms with Crippen molar-refractivity contribution in [2.45, 2.75) is 240 Å². The summed E-state index contributed by atoms with van der Waals surface area (Å²) in [6.45, 7) is 9.85. The van der Waals surface area contributed by atoms with Crippen molar-refractivity contribution >= 4 is 23.9 Å². The van der Waals surface area contributed by atoms with Crippen molar-refractivity contribution in [2.24, 2.45) is 5.41 Å². The Hall–Kier alpha value is -2.12. The molecule has 0 saturated carbocycles. The van der Waals surface area contributed by atoms with Gasteiger partial charge in [0.25, 0.3) is 0 Å². The maximum Gasteiger partial charge on any atom is 0.309 e. The van der Waals surface area contributed by atoms with Crippen LogP contribution in [0.1, 0.15) is 240 Å². The molecule has 0 saturated heterocycles. The monoisotopic (exact) mass is 741 g/mol. The fourth-order valence-corrected chi connectivity index (χ4v) is 6.58. The topological polar surface area (TPSA) is 127 Å². The lowest BCUT2D eigenvalue weighted by Crippen LogP contribution is -2.31. The quantitative estimate of drug-likeness (QED) is 0.0473. The number of hydrogen-bond acceptors (Lipinski definition) is 6. The number of carboxylic acids is 2. The van der Waals surface area contributed by atoms with E-state index in [1.807, 2.05) is 0 Å². The van der Waals surface area contributed by atoms with Gasteiger partial charge in [0.05, 0.1) is 18.6 Å². The zero-order valence-corrected chi connectivity index (χ0v) is 34.6. The average Bonchev–Trinajstić information content (AvgIpc) is 3.12. The van der Waals surface area contributed by atoms with E-state index >= 15 is 0 Å². The van der Waals surface area contributed by atoms with Crippen LogP contribution in [0.15, 0.2) is 0 Å². The van der Waals surface area contributed by atoms with Crippen LogP contribution in [0, 0.1) is 5.41 Å². The van der Waals surface area contributed by atoms with Crippen LogP contribution in [0.25, 0.3) is 0 Å². The van der Waals surface area contributed by atoms with Gasteiger partial charge in [-0.3, -0.25) is 19.2 Å². The van der Waals surface area contributed by atoms with Gasteiger partial charge in [0, 0.05) is 19.3 Å². The summed E-state index contributed by atoms with van der Waals surface area (Å²) in [6.07, 6.45) is 32.8. The Morgan fingerprint density at radius 3 is 1.02 bits per heavy atom. The normalized spacial score (nSPS) is 12.1. The summed E-state index contributed by atoms with van der Waals surface area (Å²) >= 11 is 0.